The van der Waals surface area contributed by atoms with Crippen molar-refractivity contribution in [3.05, 3.63) is 29.8 Å². The molecule has 0 amide bonds. The fraction of sp³-hybridized carbons (Fsp3) is 0.571. The number of rotatable bonds is 3. The fourth-order valence-corrected chi connectivity index (χ4v) is 2.45. The number of ether oxygens (including phenoxy) is 1. The van der Waals surface area contributed by atoms with Crippen LogP contribution in [0.2, 0.25) is 0 Å². The second-order valence-corrected chi connectivity index (χ2v) is 4.74. The molecule has 2 atom stereocenters. The number of likely N-dealkylation sites (tertiary alicyclic amines) is 1. The third-order valence-electron chi connectivity index (χ3n) is 3.55. The number of piperidine rings is 1. The number of methoxy groups -OCH3 is 1. The molecule has 1 fully saturated rings. The predicted octanol–water partition coefficient (Wildman–Crippen LogP) is 2.21. The topological polar surface area (TPSA) is 32.7 Å². The molecule has 1 saturated heterocycles. The molecule has 1 N–H and O–H groups in total. The summed E-state index contributed by atoms with van der Waals surface area (Å²) >= 11 is 0. The Morgan fingerprint density at radius 2 is 2.29 bits per heavy atom. The maximum absolute atomic E-state index is 9.71. The monoisotopic (exact) mass is 235 g/mol. The highest BCUT2D eigenvalue weighted by molar-refractivity contribution is 5.30. The van der Waals surface area contributed by atoms with Crippen molar-refractivity contribution in [2.75, 3.05) is 20.2 Å². The minimum Gasteiger partial charge on any atom is -0.497 e. The predicted molar refractivity (Wildman–Crippen MR) is 68.2 cm³/mol. The van der Waals surface area contributed by atoms with Crippen LogP contribution in [0.25, 0.3) is 0 Å². The van der Waals surface area contributed by atoms with Gasteiger partial charge in [0.15, 0.2) is 0 Å². The van der Waals surface area contributed by atoms with Gasteiger partial charge in [0.25, 0.3) is 0 Å². The highest BCUT2D eigenvalue weighted by Crippen LogP contribution is 2.26. The summed E-state index contributed by atoms with van der Waals surface area (Å²) < 4.78 is 5.25. The molecule has 2 rings (SSSR count). The average molecular weight is 235 g/mol. The molecule has 1 aliphatic rings. The van der Waals surface area contributed by atoms with Crippen LogP contribution in [-0.4, -0.2) is 36.3 Å². The third kappa shape index (κ3) is 2.99. The van der Waals surface area contributed by atoms with Gasteiger partial charge in [0.05, 0.1) is 13.2 Å². The Balaban J connectivity index is 2.09. The molecular formula is C14H21NO2. The highest BCUT2D eigenvalue weighted by Gasteiger charge is 2.22. The van der Waals surface area contributed by atoms with Crippen molar-refractivity contribution in [2.24, 2.45) is 0 Å². The maximum atomic E-state index is 9.71. The molecule has 0 bridgehead atoms. The smallest absolute Gasteiger partial charge is 0.119 e. The Bertz CT molecular complexity index is 367. The Morgan fingerprint density at radius 3 is 3.00 bits per heavy atom. The maximum Gasteiger partial charge on any atom is 0.119 e. The quantitative estimate of drug-likeness (QED) is 0.872. The molecule has 3 heteroatoms. The van der Waals surface area contributed by atoms with Gasteiger partial charge in [-0.25, -0.2) is 0 Å². The summed E-state index contributed by atoms with van der Waals surface area (Å²) in [6.07, 6.45) is 1.84. The molecule has 0 spiro atoms. The first kappa shape index (κ1) is 12.4. The summed E-state index contributed by atoms with van der Waals surface area (Å²) in [6, 6.07) is 8.51. The molecule has 1 heterocycles. The van der Waals surface area contributed by atoms with Gasteiger partial charge in [-0.2, -0.15) is 0 Å². The van der Waals surface area contributed by atoms with Crippen LogP contribution in [0.15, 0.2) is 24.3 Å². The summed E-state index contributed by atoms with van der Waals surface area (Å²) in [7, 11) is 1.69. The van der Waals surface area contributed by atoms with E-state index in [-0.39, 0.29) is 6.10 Å². The van der Waals surface area contributed by atoms with Gasteiger partial charge in [0, 0.05) is 12.6 Å². The first-order chi connectivity index (χ1) is 8.20. The number of β-amino-alcohol motifs (C(OH)–C–C–N with tert-alkyl or cyclic N) is 1. The first-order valence-corrected chi connectivity index (χ1v) is 6.27. The summed E-state index contributed by atoms with van der Waals surface area (Å²) in [5, 5.41) is 9.71. The third-order valence-corrected chi connectivity index (χ3v) is 3.55. The zero-order chi connectivity index (χ0) is 12.3. The van der Waals surface area contributed by atoms with Crippen molar-refractivity contribution in [1.82, 2.24) is 4.90 Å². The van der Waals surface area contributed by atoms with Crippen LogP contribution < -0.4 is 4.74 Å². The van der Waals surface area contributed by atoms with Crippen molar-refractivity contribution >= 4 is 0 Å². The molecule has 3 nitrogen and oxygen atoms in total. The normalized spacial score (nSPS) is 23.4. The highest BCUT2D eigenvalue weighted by atomic mass is 16.5. The van der Waals surface area contributed by atoms with E-state index in [1.807, 2.05) is 12.1 Å². The zero-order valence-electron chi connectivity index (χ0n) is 10.6. The lowest BCUT2D eigenvalue weighted by molar-refractivity contribution is 0.0503. The number of benzene rings is 1. The minimum atomic E-state index is -0.170. The number of hydrogen-bond acceptors (Lipinski definition) is 3. The Morgan fingerprint density at radius 1 is 1.47 bits per heavy atom. The van der Waals surface area contributed by atoms with Crippen molar-refractivity contribution < 1.29 is 9.84 Å². The van der Waals surface area contributed by atoms with Crippen molar-refractivity contribution in [3.63, 3.8) is 0 Å². The van der Waals surface area contributed by atoms with Crippen LogP contribution in [-0.2, 0) is 0 Å². The lowest BCUT2D eigenvalue weighted by Crippen LogP contribution is -2.39. The largest absolute Gasteiger partial charge is 0.497 e. The number of aliphatic hydroxyl groups is 1. The molecule has 2 unspecified atom stereocenters. The van der Waals surface area contributed by atoms with E-state index < -0.39 is 0 Å². The first-order valence-electron chi connectivity index (χ1n) is 6.27. The summed E-state index contributed by atoms with van der Waals surface area (Å²) in [6.45, 7) is 4.03. The lowest BCUT2D eigenvalue weighted by Gasteiger charge is -2.35. The molecule has 1 aromatic carbocycles. The second-order valence-electron chi connectivity index (χ2n) is 4.74. The van der Waals surface area contributed by atoms with Gasteiger partial charge in [-0.3, -0.25) is 4.90 Å². The van der Waals surface area contributed by atoms with Crippen LogP contribution in [0.3, 0.4) is 0 Å². The van der Waals surface area contributed by atoms with E-state index >= 15 is 0 Å². The van der Waals surface area contributed by atoms with E-state index in [4.69, 9.17) is 4.74 Å². The van der Waals surface area contributed by atoms with Gasteiger partial charge in [0.2, 0.25) is 0 Å². The van der Waals surface area contributed by atoms with E-state index in [0.717, 1.165) is 31.7 Å². The van der Waals surface area contributed by atoms with Gasteiger partial charge in [0.1, 0.15) is 5.75 Å². The van der Waals surface area contributed by atoms with Gasteiger partial charge < -0.3 is 9.84 Å². The SMILES string of the molecule is COc1cccc(C(C)N2CCCC(O)C2)c1. The van der Waals surface area contributed by atoms with Crippen molar-refractivity contribution in [1.29, 1.82) is 0 Å². The number of hydrogen-bond donors (Lipinski definition) is 1. The molecule has 0 saturated carbocycles. The second kappa shape index (κ2) is 5.52. The lowest BCUT2D eigenvalue weighted by atomic mass is 10.0. The molecule has 94 valence electrons. The standard InChI is InChI=1S/C14H21NO2/c1-11(15-8-4-6-13(16)10-15)12-5-3-7-14(9-12)17-2/h3,5,7,9,11,13,16H,4,6,8,10H2,1-2H3. The Hall–Kier alpha value is -1.06. The Labute approximate surface area is 103 Å². The molecule has 17 heavy (non-hydrogen) atoms. The number of nitrogens with zero attached hydrogens (tertiary/aromatic N) is 1. The van der Waals surface area contributed by atoms with Crippen LogP contribution in [0.4, 0.5) is 0 Å². The number of aliphatic hydroxyl groups excluding tert-OH is 1. The van der Waals surface area contributed by atoms with Crippen LogP contribution in [0, 0.1) is 0 Å². The van der Waals surface area contributed by atoms with Gasteiger partial charge in [-0.05, 0) is 44.0 Å². The van der Waals surface area contributed by atoms with Crippen LogP contribution >= 0.6 is 0 Å². The summed E-state index contributed by atoms with van der Waals surface area (Å²) in [4.78, 5) is 2.34. The van der Waals surface area contributed by atoms with Gasteiger partial charge >= 0.3 is 0 Å². The molecular weight excluding hydrogens is 214 g/mol. The van der Waals surface area contributed by atoms with Gasteiger partial charge in [-0.15, -0.1) is 0 Å². The molecule has 1 aliphatic heterocycles. The Kier molecular flexibility index (Phi) is 4.02. The van der Waals surface area contributed by atoms with E-state index in [2.05, 4.69) is 24.0 Å². The van der Waals surface area contributed by atoms with Crippen molar-refractivity contribution in [2.45, 2.75) is 31.9 Å². The average Bonchev–Trinajstić information content (AvgIpc) is 2.38. The fourth-order valence-electron chi connectivity index (χ4n) is 2.45. The van der Waals surface area contributed by atoms with E-state index in [0.29, 0.717) is 6.04 Å². The summed E-state index contributed by atoms with van der Waals surface area (Å²) in [5.41, 5.74) is 1.25. The van der Waals surface area contributed by atoms with E-state index in [1.165, 1.54) is 5.56 Å². The van der Waals surface area contributed by atoms with Crippen LogP contribution in [0.1, 0.15) is 31.4 Å². The molecule has 0 aliphatic carbocycles. The van der Waals surface area contributed by atoms with Gasteiger partial charge in [-0.1, -0.05) is 12.1 Å². The zero-order valence-corrected chi connectivity index (χ0v) is 10.6. The van der Waals surface area contributed by atoms with E-state index in [9.17, 15) is 5.11 Å². The minimum absolute atomic E-state index is 0.170. The van der Waals surface area contributed by atoms with E-state index in [1.54, 1.807) is 7.11 Å². The van der Waals surface area contributed by atoms with Crippen LogP contribution in [0.5, 0.6) is 5.75 Å². The van der Waals surface area contributed by atoms with Crippen molar-refractivity contribution in [3.8, 4) is 5.75 Å². The molecule has 0 aromatic heterocycles. The molecule has 1 aromatic rings. The molecule has 0 radical (unpaired) electrons. The summed E-state index contributed by atoms with van der Waals surface area (Å²) in [5.74, 6) is 0.895.